The quantitative estimate of drug-likeness (QED) is 0.627. The number of carbonyl (C=O) groups excluding carboxylic acids is 1. The summed E-state index contributed by atoms with van der Waals surface area (Å²) in [5.74, 6) is -0.604. The monoisotopic (exact) mass is 425 g/mol. The minimum atomic E-state index is -4.81. The third kappa shape index (κ3) is 5.20. The van der Waals surface area contributed by atoms with Crippen molar-refractivity contribution >= 4 is 17.7 Å². The van der Waals surface area contributed by atoms with Crippen molar-refractivity contribution in [2.45, 2.75) is 12.6 Å². The van der Waals surface area contributed by atoms with Crippen LogP contribution in [0.25, 0.3) is 5.69 Å². The average molecular weight is 426 g/mol. The first kappa shape index (κ1) is 20.5. The summed E-state index contributed by atoms with van der Waals surface area (Å²) in [4.78, 5) is 11.9. The number of benzene rings is 2. The molecule has 0 unspecified atom stereocenters. The molecule has 0 aliphatic rings. The molecule has 0 spiro atoms. The predicted molar refractivity (Wildman–Crippen MR) is 99.4 cm³/mol. The molecule has 1 heterocycles. The minimum Gasteiger partial charge on any atom is -0.508 e. The maximum atomic E-state index is 13.5. The van der Waals surface area contributed by atoms with E-state index in [2.05, 4.69) is 10.4 Å². The molecule has 152 valence electrons. The number of carbonyl (C=O) groups is 1. The van der Waals surface area contributed by atoms with E-state index in [1.807, 2.05) is 0 Å². The van der Waals surface area contributed by atoms with Crippen LogP contribution in [-0.4, -0.2) is 27.5 Å². The van der Waals surface area contributed by atoms with Gasteiger partial charge in [0.25, 0.3) is 0 Å². The predicted octanol–water partition coefficient (Wildman–Crippen LogP) is 4.58. The van der Waals surface area contributed by atoms with E-state index < -0.39 is 23.7 Å². The second-order valence-electron chi connectivity index (χ2n) is 5.98. The van der Waals surface area contributed by atoms with Gasteiger partial charge in [-0.15, -0.1) is 0 Å². The molecule has 0 saturated heterocycles. The number of phenols is 1. The van der Waals surface area contributed by atoms with Gasteiger partial charge < -0.3 is 15.2 Å². The average Bonchev–Trinajstić information content (AvgIpc) is 3.08. The summed E-state index contributed by atoms with van der Waals surface area (Å²) < 4.78 is 46.1. The third-order valence-electron chi connectivity index (χ3n) is 3.90. The number of hydrogen-bond acceptors (Lipinski definition) is 4. The van der Waals surface area contributed by atoms with E-state index in [1.54, 1.807) is 12.1 Å². The first-order valence-corrected chi connectivity index (χ1v) is 8.76. The lowest BCUT2D eigenvalue weighted by Gasteiger charge is -2.13. The van der Waals surface area contributed by atoms with E-state index in [1.165, 1.54) is 36.4 Å². The van der Waals surface area contributed by atoms with Crippen LogP contribution in [0.1, 0.15) is 11.3 Å². The van der Waals surface area contributed by atoms with Gasteiger partial charge >= 0.3 is 12.3 Å². The summed E-state index contributed by atoms with van der Waals surface area (Å²) in [6.07, 6.45) is -4.61. The fourth-order valence-electron chi connectivity index (χ4n) is 2.55. The number of aromatic hydroxyl groups is 1. The van der Waals surface area contributed by atoms with Crippen LogP contribution in [0.4, 0.5) is 18.0 Å². The molecule has 1 amide bonds. The van der Waals surface area contributed by atoms with Gasteiger partial charge in [0.1, 0.15) is 5.75 Å². The number of nitrogens with one attached hydrogen (secondary N) is 1. The second kappa shape index (κ2) is 8.44. The highest BCUT2D eigenvalue weighted by Crippen LogP contribution is 2.37. The van der Waals surface area contributed by atoms with Gasteiger partial charge in [-0.3, -0.25) is 0 Å². The smallest absolute Gasteiger partial charge is 0.437 e. The zero-order valence-electron chi connectivity index (χ0n) is 14.8. The Labute approximate surface area is 168 Å². The van der Waals surface area contributed by atoms with E-state index in [4.69, 9.17) is 16.3 Å². The van der Waals surface area contributed by atoms with Crippen LogP contribution >= 0.6 is 11.6 Å². The Morgan fingerprint density at radius 1 is 1.14 bits per heavy atom. The fraction of sp³-hybridized carbons (Fsp3) is 0.158. The number of hydrogen-bond donors (Lipinski definition) is 2. The molecule has 2 N–H and O–H groups in total. The van der Waals surface area contributed by atoms with Crippen LogP contribution in [0.2, 0.25) is 5.02 Å². The molecule has 29 heavy (non-hydrogen) atoms. The summed E-state index contributed by atoms with van der Waals surface area (Å²) in [7, 11) is 0. The van der Waals surface area contributed by atoms with Crippen molar-refractivity contribution in [3.05, 3.63) is 71.0 Å². The first-order chi connectivity index (χ1) is 13.7. The summed E-state index contributed by atoms with van der Waals surface area (Å²) in [5, 5.41) is 15.7. The molecule has 3 rings (SSSR count). The summed E-state index contributed by atoms with van der Waals surface area (Å²) in [6.45, 7) is 0.135. The summed E-state index contributed by atoms with van der Waals surface area (Å²) in [5.41, 5.74) is -0.271. The van der Waals surface area contributed by atoms with Crippen LogP contribution in [0.5, 0.6) is 11.5 Å². The Kier molecular flexibility index (Phi) is 5.97. The number of aromatic nitrogens is 2. The first-order valence-electron chi connectivity index (χ1n) is 8.39. The van der Waals surface area contributed by atoms with E-state index in [-0.39, 0.29) is 18.0 Å². The van der Waals surface area contributed by atoms with Crippen molar-refractivity contribution in [2.75, 3.05) is 6.54 Å². The van der Waals surface area contributed by atoms with E-state index in [0.29, 0.717) is 16.1 Å². The van der Waals surface area contributed by atoms with E-state index in [0.717, 1.165) is 11.8 Å². The summed E-state index contributed by atoms with van der Waals surface area (Å²) >= 11 is 5.76. The molecule has 0 radical (unpaired) electrons. The van der Waals surface area contributed by atoms with Gasteiger partial charge in [-0.05, 0) is 48.4 Å². The zero-order chi connectivity index (χ0) is 21.0. The van der Waals surface area contributed by atoms with Crippen molar-refractivity contribution in [1.29, 1.82) is 0 Å². The number of nitrogens with zero attached hydrogens (tertiary/aromatic N) is 2. The van der Waals surface area contributed by atoms with Gasteiger partial charge in [0.15, 0.2) is 11.4 Å². The third-order valence-corrected chi connectivity index (χ3v) is 4.15. The topological polar surface area (TPSA) is 76.4 Å². The van der Waals surface area contributed by atoms with Crippen molar-refractivity contribution < 1.29 is 27.8 Å². The fourth-order valence-corrected chi connectivity index (χ4v) is 2.68. The molecule has 0 atom stereocenters. The molecule has 0 aliphatic carbocycles. The van der Waals surface area contributed by atoms with Gasteiger partial charge in [0.2, 0.25) is 0 Å². The maximum Gasteiger partial charge on any atom is 0.437 e. The molecule has 10 heteroatoms. The highest BCUT2D eigenvalue weighted by molar-refractivity contribution is 6.30. The molecular weight excluding hydrogens is 411 g/mol. The number of amides is 1. The molecule has 0 aliphatic heterocycles. The number of rotatable bonds is 5. The van der Waals surface area contributed by atoms with Crippen molar-refractivity contribution in [3.8, 4) is 17.2 Å². The highest BCUT2D eigenvalue weighted by atomic mass is 35.5. The molecule has 0 fully saturated rings. The largest absolute Gasteiger partial charge is 0.508 e. The van der Waals surface area contributed by atoms with Crippen LogP contribution < -0.4 is 10.1 Å². The Balaban J connectivity index is 1.70. The minimum absolute atomic E-state index is 0.110. The van der Waals surface area contributed by atoms with Crippen molar-refractivity contribution in [1.82, 2.24) is 15.1 Å². The molecule has 0 saturated carbocycles. The Hall–Kier alpha value is -3.20. The van der Waals surface area contributed by atoms with Gasteiger partial charge in [0, 0.05) is 11.6 Å². The van der Waals surface area contributed by atoms with Crippen LogP contribution in [0, 0.1) is 0 Å². The van der Waals surface area contributed by atoms with Gasteiger partial charge in [0.05, 0.1) is 11.9 Å². The molecular formula is C19H15ClF3N3O3. The highest BCUT2D eigenvalue weighted by Gasteiger charge is 2.40. The van der Waals surface area contributed by atoms with Gasteiger partial charge in [-0.1, -0.05) is 23.7 Å². The number of phenolic OH excluding ortho intramolecular Hbond substituents is 1. The number of alkyl halides is 3. The zero-order valence-corrected chi connectivity index (χ0v) is 15.5. The standard InChI is InChI=1S/C19H15ClF3N3O3/c20-13-3-5-14(6-4-13)26-17(19(21,22)23)16(11-25-26)29-18(28)24-10-9-12-1-7-15(27)8-2-12/h1-8,11,27H,9-10H2,(H,24,28). The molecule has 3 aromatic rings. The van der Waals surface area contributed by atoms with Crippen LogP contribution in [0.15, 0.2) is 54.7 Å². The molecule has 2 aromatic carbocycles. The lowest BCUT2D eigenvalue weighted by molar-refractivity contribution is -0.143. The number of ether oxygens (including phenoxy) is 1. The van der Waals surface area contributed by atoms with Crippen molar-refractivity contribution in [2.24, 2.45) is 0 Å². The van der Waals surface area contributed by atoms with E-state index in [9.17, 15) is 23.1 Å². The molecule has 6 nitrogen and oxygen atoms in total. The van der Waals surface area contributed by atoms with Crippen LogP contribution in [-0.2, 0) is 12.6 Å². The molecule has 1 aromatic heterocycles. The SMILES string of the molecule is O=C(NCCc1ccc(O)cc1)Oc1cnn(-c2ccc(Cl)cc2)c1C(F)(F)F. The second-order valence-corrected chi connectivity index (χ2v) is 6.41. The van der Waals surface area contributed by atoms with Crippen LogP contribution in [0.3, 0.4) is 0 Å². The summed E-state index contributed by atoms with van der Waals surface area (Å²) in [6, 6.07) is 11.9. The van der Waals surface area contributed by atoms with Crippen molar-refractivity contribution in [3.63, 3.8) is 0 Å². The lowest BCUT2D eigenvalue weighted by atomic mass is 10.1. The Morgan fingerprint density at radius 3 is 2.41 bits per heavy atom. The lowest BCUT2D eigenvalue weighted by Crippen LogP contribution is -2.29. The normalized spacial score (nSPS) is 11.3. The number of halogens is 4. The van der Waals surface area contributed by atoms with Gasteiger partial charge in [-0.2, -0.15) is 18.3 Å². The van der Waals surface area contributed by atoms with Gasteiger partial charge in [-0.25, -0.2) is 9.48 Å². The molecule has 0 bridgehead atoms. The maximum absolute atomic E-state index is 13.5. The Bertz CT molecular complexity index is 987. The Morgan fingerprint density at radius 2 is 1.79 bits per heavy atom. The van der Waals surface area contributed by atoms with E-state index >= 15 is 0 Å².